The van der Waals surface area contributed by atoms with Gasteiger partial charge in [-0.05, 0) is 184 Å². The van der Waals surface area contributed by atoms with Gasteiger partial charge in [0.2, 0.25) is 0 Å². The Bertz CT molecular complexity index is 1160. The van der Waals surface area contributed by atoms with Gasteiger partial charge in [-0.25, -0.2) is 0 Å². The number of aromatic hydroxyl groups is 2. The lowest BCUT2D eigenvalue weighted by Gasteiger charge is -2.55. The van der Waals surface area contributed by atoms with Gasteiger partial charge in [0.05, 0.1) is 0 Å². The minimum atomic E-state index is 0.477. The van der Waals surface area contributed by atoms with Gasteiger partial charge in [0.1, 0.15) is 11.5 Å². The summed E-state index contributed by atoms with van der Waals surface area (Å²) in [6.07, 6.45) is 13.7. The monoisotopic (exact) mass is 510 g/mol. The van der Waals surface area contributed by atoms with Crippen LogP contribution in [-0.2, 0) is 0 Å². The van der Waals surface area contributed by atoms with Crippen molar-refractivity contribution >= 4 is 0 Å². The standard InChI is InChI=1S/C36H46O2/c1-17-5-29(33-25-9-21-7-22(11-25)12-26(33)10-21)35(37)31(19(17)3)32-20(4)18(2)6-30(36(32)38)34-27-13-23-8-24(15-27)16-28(34)14-23/h5-6,21-28,33-34,37-38H,7-16H2,1-4H3. The summed E-state index contributed by atoms with van der Waals surface area (Å²) in [5.74, 6) is 8.52. The first-order valence-electron chi connectivity index (χ1n) is 15.9. The Morgan fingerprint density at radius 3 is 1.05 bits per heavy atom. The van der Waals surface area contributed by atoms with Gasteiger partial charge in [-0.3, -0.25) is 0 Å². The molecule has 0 radical (unpaired) electrons. The van der Waals surface area contributed by atoms with Crippen LogP contribution in [0.25, 0.3) is 11.1 Å². The summed E-state index contributed by atoms with van der Waals surface area (Å²) in [7, 11) is 0. The smallest absolute Gasteiger partial charge is 0.127 e. The molecule has 0 spiro atoms. The maximum Gasteiger partial charge on any atom is 0.127 e. The summed E-state index contributed by atoms with van der Waals surface area (Å²) in [5.41, 5.74) is 9.03. The fraction of sp³-hybridized carbons (Fsp3) is 0.667. The van der Waals surface area contributed by atoms with Crippen LogP contribution in [0, 0.1) is 75.0 Å². The molecule has 0 amide bonds. The van der Waals surface area contributed by atoms with Crippen LogP contribution in [0.15, 0.2) is 12.1 Å². The van der Waals surface area contributed by atoms with E-state index in [0.29, 0.717) is 23.3 Å². The molecule has 8 fully saturated rings. The fourth-order valence-electron chi connectivity index (χ4n) is 11.8. The highest BCUT2D eigenvalue weighted by Gasteiger charge is 2.51. The molecule has 38 heavy (non-hydrogen) atoms. The molecular formula is C36H46O2. The van der Waals surface area contributed by atoms with Crippen molar-refractivity contribution in [1.29, 1.82) is 0 Å². The molecule has 0 aromatic heterocycles. The van der Waals surface area contributed by atoms with Crippen molar-refractivity contribution in [2.75, 3.05) is 0 Å². The summed E-state index contributed by atoms with van der Waals surface area (Å²) in [5, 5.41) is 24.3. The molecule has 8 aliphatic carbocycles. The lowest BCUT2D eigenvalue weighted by molar-refractivity contribution is -0.00358. The minimum absolute atomic E-state index is 0.477. The van der Waals surface area contributed by atoms with Crippen molar-refractivity contribution in [3.05, 3.63) is 45.5 Å². The highest BCUT2D eigenvalue weighted by atomic mass is 16.3. The van der Waals surface area contributed by atoms with E-state index in [1.807, 2.05) is 0 Å². The van der Waals surface area contributed by atoms with Crippen LogP contribution < -0.4 is 0 Å². The second kappa shape index (κ2) is 8.28. The van der Waals surface area contributed by atoms with E-state index < -0.39 is 0 Å². The molecule has 10 rings (SSSR count). The van der Waals surface area contributed by atoms with Crippen LogP contribution in [0.4, 0.5) is 0 Å². The molecule has 8 saturated carbocycles. The molecule has 2 nitrogen and oxygen atoms in total. The lowest BCUT2D eigenvalue weighted by atomic mass is 9.50. The molecule has 202 valence electrons. The van der Waals surface area contributed by atoms with Gasteiger partial charge in [-0.15, -0.1) is 0 Å². The Balaban J connectivity index is 1.27. The van der Waals surface area contributed by atoms with Crippen LogP contribution in [-0.4, -0.2) is 10.2 Å². The molecule has 2 aromatic rings. The van der Waals surface area contributed by atoms with Gasteiger partial charge >= 0.3 is 0 Å². The first-order chi connectivity index (χ1) is 18.3. The molecule has 0 saturated heterocycles. The third-order valence-electron chi connectivity index (χ3n) is 13.1. The lowest BCUT2D eigenvalue weighted by Crippen LogP contribution is -2.43. The van der Waals surface area contributed by atoms with Gasteiger partial charge in [0.25, 0.3) is 0 Å². The summed E-state index contributed by atoms with van der Waals surface area (Å²) >= 11 is 0. The molecule has 0 heterocycles. The minimum Gasteiger partial charge on any atom is -0.507 e. The van der Waals surface area contributed by atoms with Crippen LogP contribution in [0.2, 0.25) is 0 Å². The maximum absolute atomic E-state index is 12.2. The molecule has 8 bridgehead atoms. The average molecular weight is 511 g/mol. The van der Waals surface area contributed by atoms with Gasteiger partial charge in [-0.1, -0.05) is 12.1 Å². The Morgan fingerprint density at radius 2 is 0.763 bits per heavy atom. The zero-order chi connectivity index (χ0) is 26.0. The van der Waals surface area contributed by atoms with Crippen LogP contribution in [0.5, 0.6) is 11.5 Å². The van der Waals surface area contributed by atoms with Crippen molar-refractivity contribution in [3.8, 4) is 22.6 Å². The van der Waals surface area contributed by atoms with E-state index in [4.69, 9.17) is 0 Å². The molecule has 2 heteroatoms. The van der Waals surface area contributed by atoms with E-state index in [-0.39, 0.29) is 0 Å². The zero-order valence-electron chi connectivity index (χ0n) is 23.9. The normalized spacial score (nSPS) is 40.3. The first kappa shape index (κ1) is 23.9. The maximum atomic E-state index is 12.2. The predicted molar refractivity (Wildman–Crippen MR) is 154 cm³/mol. The number of benzene rings is 2. The van der Waals surface area contributed by atoms with Gasteiger partial charge in [-0.2, -0.15) is 0 Å². The van der Waals surface area contributed by atoms with Crippen LogP contribution >= 0.6 is 0 Å². The highest BCUT2D eigenvalue weighted by molar-refractivity contribution is 5.85. The zero-order valence-corrected chi connectivity index (χ0v) is 23.9. The largest absolute Gasteiger partial charge is 0.507 e. The summed E-state index contributed by atoms with van der Waals surface area (Å²) < 4.78 is 0. The summed E-state index contributed by atoms with van der Waals surface area (Å²) in [6, 6.07) is 4.64. The predicted octanol–water partition coefficient (Wildman–Crippen LogP) is 9.08. The third kappa shape index (κ3) is 3.30. The summed E-state index contributed by atoms with van der Waals surface area (Å²) in [6.45, 7) is 8.76. The van der Waals surface area contributed by atoms with Crippen molar-refractivity contribution in [2.24, 2.45) is 47.3 Å². The van der Waals surface area contributed by atoms with E-state index in [1.54, 1.807) is 0 Å². The number of phenols is 2. The van der Waals surface area contributed by atoms with Gasteiger partial charge < -0.3 is 10.2 Å². The molecule has 8 aliphatic rings. The number of rotatable bonds is 3. The van der Waals surface area contributed by atoms with Crippen LogP contribution in [0.3, 0.4) is 0 Å². The van der Waals surface area contributed by atoms with Crippen LogP contribution in [0.1, 0.15) is 109 Å². The van der Waals surface area contributed by atoms with E-state index >= 15 is 0 Å². The van der Waals surface area contributed by atoms with E-state index in [2.05, 4.69) is 39.8 Å². The first-order valence-corrected chi connectivity index (χ1v) is 15.9. The Morgan fingerprint density at radius 1 is 0.474 bits per heavy atom. The summed E-state index contributed by atoms with van der Waals surface area (Å²) in [4.78, 5) is 0. The molecule has 0 atom stereocenters. The average Bonchev–Trinajstić information content (AvgIpc) is 2.86. The Labute approximate surface area is 229 Å². The topological polar surface area (TPSA) is 40.5 Å². The SMILES string of the molecule is Cc1cc(C2C3CC4CC(C3)CC2C4)c(O)c(-c2c(C)c(C)cc(C3C4CC5CC(C4)CC3C5)c2O)c1C. The van der Waals surface area contributed by atoms with Crippen molar-refractivity contribution in [1.82, 2.24) is 0 Å². The number of phenolic OH excluding ortho intramolecular Hbond substituents is 2. The number of hydrogen-bond acceptors (Lipinski definition) is 2. The highest BCUT2D eigenvalue weighted by Crippen LogP contribution is 2.64. The fourth-order valence-corrected chi connectivity index (χ4v) is 11.8. The molecule has 0 aliphatic heterocycles. The second-order valence-corrected chi connectivity index (χ2v) is 15.2. The van der Waals surface area contributed by atoms with Crippen molar-refractivity contribution in [2.45, 2.75) is 104 Å². The van der Waals surface area contributed by atoms with Crippen molar-refractivity contribution in [3.63, 3.8) is 0 Å². The molecule has 0 unspecified atom stereocenters. The van der Waals surface area contributed by atoms with E-state index in [1.165, 1.54) is 86.5 Å². The quantitative estimate of drug-likeness (QED) is 0.432. The Kier molecular flexibility index (Phi) is 5.20. The molecule has 2 N–H and O–H groups in total. The molecular weight excluding hydrogens is 464 g/mol. The van der Waals surface area contributed by atoms with E-state index in [0.717, 1.165) is 69.6 Å². The molecule has 2 aromatic carbocycles. The number of hydrogen-bond donors (Lipinski definition) is 2. The van der Waals surface area contributed by atoms with Gasteiger partial charge in [0, 0.05) is 11.1 Å². The van der Waals surface area contributed by atoms with Crippen molar-refractivity contribution < 1.29 is 10.2 Å². The second-order valence-electron chi connectivity index (χ2n) is 15.2. The number of aryl methyl sites for hydroxylation is 2. The van der Waals surface area contributed by atoms with Gasteiger partial charge in [0.15, 0.2) is 0 Å². The third-order valence-corrected chi connectivity index (χ3v) is 13.1. The van der Waals surface area contributed by atoms with E-state index in [9.17, 15) is 10.2 Å². The Hall–Kier alpha value is -1.96.